The highest BCUT2D eigenvalue weighted by molar-refractivity contribution is 5.67. The van der Waals surface area contributed by atoms with Crippen LogP contribution in [0.4, 0.5) is 23.1 Å². The summed E-state index contributed by atoms with van der Waals surface area (Å²) in [5.41, 5.74) is 2.43. The van der Waals surface area contributed by atoms with E-state index in [4.69, 9.17) is 9.47 Å². The zero-order valence-electron chi connectivity index (χ0n) is 16.8. The van der Waals surface area contributed by atoms with E-state index in [0.717, 1.165) is 28.6 Å². The van der Waals surface area contributed by atoms with Gasteiger partial charge in [0.15, 0.2) is 5.75 Å². The van der Waals surface area contributed by atoms with Crippen LogP contribution in [-0.2, 0) is 0 Å². The maximum Gasteiger partial charge on any atom is 0.229 e. The van der Waals surface area contributed by atoms with E-state index in [0.29, 0.717) is 17.5 Å². The van der Waals surface area contributed by atoms with Crippen molar-refractivity contribution in [3.05, 3.63) is 90.6 Å². The number of nitrogens with one attached hydrogen (secondary N) is 2. The Balaban J connectivity index is 1.59. The lowest BCUT2D eigenvalue weighted by atomic mass is 10.2. The molecule has 30 heavy (non-hydrogen) atoms. The quantitative estimate of drug-likeness (QED) is 0.394. The van der Waals surface area contributed by atoms with Gasteiger partial charge in [-0.3, -0.25) is 0 Å². The lowest BCUT2D eigenvalue weighted by Gasteiger charge is -2.14. The van der Waals surface area contributed by atoms with Crippen LogP contribution in [0.25, 0.3) is 0 Å². The van der Waals surface area contributed by atoms with Crippen molar-refractivity contribution >= 4 is 23.1 Å². The third kappa shape index (κ3) is 4.67. The lowest BCUT2D eigenvalue weighted by molar-refractivity contribution is 0.417. The molecule has 0 radical (unpaired) electrons. The average molecular weight is 398 g/mol. The monoisotopic (exact) mass is 398 g/mol. The molecule has 150 valence electrons. The molecule has 2 N–H and O–H groups in total. The minimum absolute atomic E-state index is 0.475. The van der Waals surface area contributed by atoms with Gasteiger partial charge in [0.1, 0.15) is 17.3 Å². The maximum atomic E-state index is 6.03. The highest BCUT2D eigenvalue weighted by Gasteiger charge is 2.09. The Morgan fingerprint density at radius 3 is 2.07 bits per heavy atom. The van der Waals surface area contributed by atoms with E-state index < -0.39 is 0 Å². The van der Waals surface area contributed by atoms with Crippen molar-refractivity contribution in [1.29, 1.82) is 0 Å². The number of hydrogen-bond acceptors (Lipinski definition) is 6. The molecule has 3 aromatic carbocycles. The molecule has 0 bridgehead atoms. The van der Waals surface area contributed by atoms with Crippen molar-refractivity contribution in [1.82, 2.24) is 9.97 Å². The summed E-state index contributed by atoms with van der Waals surface area (Å²) in [6.07, 6.45) is 0. The van der Waals surface area contributed by atoms with E-state index in [2.05, 4.69) is 20.6 Å². The van der Waals surface area contributed by atoms with Crippen LogP contribution in [0.5, 0.6) is 17.2 Å². The summed E-state index contributed by atoms with van der Waals surface area (Å²) in [5, 5.41) is 6.57. The predicted octanol–water partition coefficient (Wildman–Crippen LogP) is 6.07. The zero-order valence-corrected chi connectivity index (χ0v) is 16.8. The average Bonchev–Trinajstić information content (AvgIpc) is 2.76. The van der Waals surface area contributed by atoms with Gasteiger partial charge in [0.05, 0.1) is 18.5 Å². The molecule has 0 amide bonds. The number of anilines is 4. The first-order valence-corrected chi connectivity index (χ1v) is 9.56. The summed E-state index contributed by atoms with van der Waals surface area (Å²) >= 11 is 0. The van der Waals surface area contributed by atoms with Gasteiger partial charge < -0.3 is 20.1 Å². The molecular weight excluding hydrogens is 376 g/mol. The van der Waals surface area contributed by atoms with Crippen molar-refractivity contribution in [2.24, 2.45) is 0 Å². The Kier molecular flexibility index (Phi) is 5.75. The molecule has 0 aliphatic heterocycles. The summed E-state index contributed by atoms with van der Waals surface area (Å²) in [4.78, 5) is 9.09. The van der Waals surface area contributed by atoms with Crippen molar-refractivity contribution in [3.63, 3.8) is 0 Å². The topological polar surface area (TPSA) is 68.3 Å². The highest BCUT2D eigenvalue weighted by Crippen LogP contribution is 2.32. The summed E-state index contributed by atoms with van der Waals surface area (Å²) in [5.74, 6) is 3.33. The Bertz CT molecular complexity index is 1130. The van der Waals surface area contributed by atoms with Crippen LogP contribution < -0.4 is 20.1 Å². The molecule has 0 fully saturated rings. The van der Waals surface area contributed by atoms with E-state index in [9.17, 15) is 0 Å². The second-order valence-electron chi connectivity index (χ2n) is 6.58. The summed E-state index contributed by atoms with van der Waals surface area (Å²) < 4.78 is 11.4. The number of benzene rings is 3. The maximum absolute atomic E-state index is 6.03. The number of methoxy groups -OCH3 is 1. The van der Waals surface area contributed by atoms with Crippen LogP contribution in [0.2, 0.25) is 0 Å². The molecule has 0 atom stereocenters. The Hall–Kier alpha value is -4.06. The van der Waals surface area contributed by atoms with Gasteiger partial charge in [0.2, 0.25) is 5.95 Å². The number of rotatable bonds is 7. The van der Waals surface area contributed by atoms with Gasteiger partial charge in [-0.2, -0.15) is 4.98 Å². The molecule has 4 aromatic rings. The molecule has 0 saturated heterocycles. The van der Waals surface area contributed by atoms with Crippen molar-refractivity contribution in [3.8, 4) is 17.2 Å². The van der Waals surface area contributed by atoms with Crippen LogP contribution in [-0.4, -0.2) is 17.1 Å². The first-order valence-electron chi connectivity index (χ1n) is 9.56. The van der Waals surface area contributed by atoms with E-state index in [1.165, 1.54) is 0 Å². The van der Waals surface area contributed by atoms with Gasteiger partial charge >= 0.3 is 0 Å². The third-order valence-electron chi connectivity index (χ3n) is 4.33. The van der Waals surface area contributed by atoms with Gasteiger partial charge in [0.25, 0.3) is 0 Å². The standard InChI is InChI=1S/C24H22N4O2/c1-17-16-23(28-24(25-17)27-19-12-6-8-14-21(19)29-2)26-20-13-7-9-15-22(20)30-18-10-4-3-5-11-18/h3-16H,1-2H3,(H2,25,26,27,28). The van der Waals surface area contributed by atoms with E-state index in [1.54, 1.807) is 7.11 Å². The summed E-state index contributed by atoms with van der Waals surface area (Å²) in [7, 11) is 1.63. The predicted molar refractivity (Wildman–Crippen MR) is 119 cm³/mol. The van der Waals surface area contributed by atoms with Gasteiger partial charge in [-0.15, -0.1) is 0 Å². The van der Waals surface area contributed by atoms with E-state index in [1.807, 2.05) is 91.9 Å². The van der Waals surface area contributed by atoms with Crippen molar-refractivity contribution in [2.75, 3.05) is 17.7 Å². The fourth-order valence-electron chi connectivity index (χ4n) is 2.97. The number of aryl methyl sites for hydroxylation is 1. The van der Waals surface area contributed by atoms with Gasteiger partial charge in [-0.05, 0) is 43.3 Å². The molecule has 0 aliphatic rings. The lowest BCUT2D eigenvalue weighted by Crippen LogP contribution is -2.03. The molecule has 1 aromatic heterocycles. The zero-order chi connectivity index (χ0) is 20.8. The minimum atomic E-state index is 0.475. The number of para-hydroxylation sites is 5. The molecule has 6 nitrogen and oxygen atoms in total. The van der Waals surface area contributed by atoms with Gasteiger partial charge in [-0.1, -0.05) is 42.5 Å². The largest absolute Gasteiger partial charge is 0.495 e. The molecule has 4 rings (SSSR count). The van der Waals surface area contributed by atoms with Crippen LogP contribution >= 0.6 is 0 Å². The number of aromatic nitrogens is 2. The molecule has 0 saturated carbocycles. The fraction of sp³-hybridized carbons (Fsp3) is 0.0833. The van der Waals surface area contributed by atoms with Crippen molar-refractivity contribution < 1.29 is 9.47 Å². The number of nitrogens with zero attached hydrogens (tertiary/aromatic N) is 2. The Morgan fingerprint density at radius 1 is 0.700 bits per heavy atom. The van der Waals surface area contributed by atoms with Crippen LogP contribution in [0.1, 0.15) is 5.69 Å². The normalized spacial score (nSPS) is 10.3. The molecule has 0 spiro atoms. The fourth-order valence-corrected chi connectivity index (χ4v) is 2.97. The van der Waals surface area contributed by atoms with Crippen LogP contribution in [0.15, 0.2) is 84.9 Å². The number of ether oxygens (including phenoxy) is 2. The molecule has 1 heterocycles. The van der Waals surface area contributed by atoms with Crippen LogP contribution in [0, 0.1) is 6.92 Å². The molecule has 0 unspecified atom stereocenters. The smallest absolute Gasteiger partial charge is 0.229 e. The molecule has 0 aliphatic carbocycles. The van der Waals surface area contributed by atoms with E-state index in [-0.39, 0.29) is 0 Å². The first kappa shape index (κ1) is 19.3. The second-order valence-corrected chi connectivity index (χ2v) is 6.58. The second kappa shape index (κ2) is 8.96. The van der Waals surface area contributed by atoms with Crippen LogP contribution in [0.3, 0.4) is 0 Å². The third-order valence-corrected chi connectivity index (χ3v) is 4.33. The Morgan fingerprint density at radius 2 is 1.33 bits per heavy atom. The Labute approximate surface area is 175 Å². The van der Waals surface area contributed by atoms with Crippen molar-refractivity contribution in [2.45, 2.75) is 6.92 Å². The van der Waals surface area contributed by atoms with Gasteiger partial charge in [0, 0.05) is 11.8 Å². The van der Waals surface area contributed by atoms with Gasteiger partial charge in [-0.25, -0.2) is 4.98 Å². The number of hydrogen-bond donors (Lipinski definition) is 2. The SMILES string of the molecule is COc1ccccc1Nc1nc(C)cc(Nc2ccccc2Oc2ccccc2)n1. The highest BCUT2D eigenvalue weighted by atomic mass is 16.5. The molecular formula is C24H22N4O2. The minimum Gasteiger partial charge on any atom is -0.495 e. The van der Waals surface area contributed by atoms with E-state index >= 15 is 0 Å². The first-order chi connectivity index (χ1) is 14.7. The summed E-state index contributed by atoms with van der Waals surface area (Å²) in [6, 6.07) is 26.9. The summed E-state index contributed by atoms with van der Waals surface area (Å²) in [6.45, 7) is 1.92. The molecule has 6 heteroatoms.